The van der Waals surface area contributed by atoms with Crippen molar-refractivity contribution >= 4 is 35.1 Å². The minimum absolute atomic E-state index is 0.139. The van der Waals surface area contributed by atoms with Crippen molar-refractivity contribution in [3.05, 3.63) is 57.8 Å². The maximum atomic E-state index is 13.1. The number of hydrogen-bond acceptors (Lipinski definition) is 5. The molecule has 1 aliphatic heterocycles. The van der Waals surface area contributed by atoms with Gasteiger partial charge in [0.1, 0.15) is 12.1 Å². The largest absolute Gasteiger partial charge is 0.350 e. The fourth-order valence-electron chi connectivity index (χ4n) is 3.60. The fourth-order valence-corrected chi connectivity index (χ4v) is 4.24. The molecule has 1 aliphatic rings. The molecule has 0 spiro atoms. The van der Waals surface area contributed by atoms with Crippen molar-refractivity contribution in [3.8, 4) is 0 Å². The third kappa shape index (κ3) is 4.77. The van der Waals surface area contributed by atoms with Gasteiger partial charge in [0.25, 0.3) is 5.91 Å². The molecule has 0 aliphatic carbocycles. The Kier molecular flexibility index (Phi) is 6.74. The molecule has 31 heavy (non-hydrogen) atoms. The molecule has 1 aromatic heterocycles. The highest BCUT2D eigenvalue weighted by Crippen LogP contribution is 2.30. The number of likely N-dealkylation sites (N-methyl/N-ethyl adjacent to an activating group) is 1. The Morgan fingerprint density at radius 1 is 1.19 bits per heavy atom. The summed E-state index contributed by atoms with van der Waals surface area (Å²) in [5.74, 6) is -1.25. The zero-order valence-corrected chi connectivity index (χ0v) is 18.6. The lowest BCUT2D eigenvalue weighted by molar-refractivity contribution is -0.140. The summed E-state index contributed by atoms with van der Waals surface area (Å²) >= 11 is 1.53. The van der Waals surface area contributed by atoms with E-state index in [0.29, 0.717) is 12.1 Å². The topological polar surface area (TPSA) is 98.8 Å². The van der Waals surface area contributed by atoms with Gasteiger partial charge in [0.2, 0.25) is 11.8 Å². The average molecular weight is 443 g/mol. The first-order valence-electron chi connectivity index (χ1n) is 10.0. The highest BCUT2D eigenvalue weighted by molar-refractivity contribution is 7.09. The molecule has 0 saturated carbocycles. The maximum Gasteiger partial charge on any atom is 0.325 e. The second-order valence-corrected chi connectivity index (χ2v) is 8.56. The van der Waals surface area contributed by atoms with Gasteiger partial charge < -0.3 is 15.5 Å². The Labute approximate surface area is 185 Å². The lowest BCUT2D eigenvalue weighted by Crippen LogP contribution is -2.47. The average Bonchev–Trinajstić information content (AvgIpc) is 3.33. The molecule has 1 unspecified atom stereocenters. The number of nitrogens with one attached hydrogen (secondary N) is 2. The van der Waals surface area contributed by atoms with Gasteiger partial charge in [-0.1, -0.05) is 30.3 Å². The van der Waals surface area contributed by atoms with Crippen molar-refractivity contribution in [1.29, 1.82) is 0 Å². The molecule has 5 amide bonds. The van der Waals surface area contributed by atoms with Gasteiger partial charge in [0.15, 0.2) is 0 Å². The number of rotatable bonds is 8. The highest BCUT2D eigenvalue weighted by Gasteiger charge is 2.50. The molecule has 164 valence electrons. The molecule has 2 heterocycles. The molecule has 2 aromatic rings. The van der Waals surface area contributed by atoms with Gasteiger partial charge in [-0.05, 0) is 43.3 Å². The smallest absolute Gasteiger partial charge is 0.325 e. The summed E-state index contributed by atoms with van der Waals surface area (Å²) in [6, 6.07) is 10.5. The summed E-state index contributed by atoms with van der Waals surface area (Å²) in [7, 11) is 0. The van der Waals surface area contributed by atoms with E-state index in [1.165, 1.54) is 16.2 Å². The SMILES string of the molecule is CCN(CC(=O)NCc1cccs1)C(=O)CN1C(=O)NC(C)(c2ccccc2C)C1=O. The van der Waals surface area contributed by atoms with E-state index in [1.54, 1.807) is 26.0 Å². The molecular formula is C22H26N4O4S. The minimum atomic E-state index is -1.24. The van der Waals surface area contributed by atoms with E-state index in [0.717, 1.165) is 15.3 Å². The van der Waals surface area contributed by atoms with E-state index < -0.39 is 29.9 Å². The van der Waals surface area contributed by atoms with Gasteiger partial charge >= 0.3 is 6.03 Å². The van der Waals surface area contributed by atoms with Gasteiger partial charge in [0.05, 0.1) is 13.1 Å². The Balaban J connectivity index is 1.64. The number of thiophene rings is 1. The molecule has 9 heteroatoms. The van der Waals surface area contributed by atoms with E-state index in [9.17, 15) is 19.2 Å². The molecule has 1 aromatic carbocycles. The third-order valence-electron chi connectivity index (χ3n) is 5.36. The first-order chi connectivity index (χ1) is 14.8. The van der Waals surface area contributed by atoms with Crippen LogP contribution in [0, 0.1) is 6.92 Å². The number of hydrogen-bond donors (Lipinski definition) is 2. The zero-order valence-electron chi connectivity index (χ0n) is 17.8. The van der Waals surface area contributed by atoms with Gasteiger partial charge in [-0.15, -0.1) is 11.3 Å². The van der Waals surface area contributed by atoms with E-state index in [4.69, 9.17) is 0 Å². The monoisotopic (exact) mass is 442 g/mol. The lowest BCUT2D eigenvalue weighted by Gasteiger charge is -2.25. The molecular weight excluding hydrogens is 416 g/mol. The molecule has 1 saturated heterocycles. The molecule has 1 fully saturated rings. The van der Waals surface area contributed by atoms with Crippen LogP contribution >= 0.6 is 11.3 Å². The predicted octanol–water partition coefficient (Wildman–Crippen LogP) is 1.99. The van der Waals surface area contributed by atoms with Crippen LogP contribution in [-0.2, 0) is 26.5 Å². The molecule has 0 bridgehead atoms. The summed E-state index contributed by atoms with van der Waals surface area (Å²) in [5, 5.41) is 7.41. The predicted molar refractivity (Wildman–Crippen MR) is 117 cm³/mol. The van der Waals surface area contributed by atoms with Gasteiger partial charge in [-0.25, -0.2) is 4.79 Å². The van der Waals surface area contributed by atoms with Crippen LogP contribution < -0.4 is 10.6 Å². The summed E-state index contributed by atoms with van der Waals surface area (Å²) in [5.41, 5.74) is 0.311. The van der Waals surface area contributed by atoms with Crippen LogP contribution in [0.15, 0.2) is 41.8 Å². The van der Waals surface area contributed by atoms with Crippen LogP contribution in [-0.4, -0.2) is 53.2 Å². The van der Waals surface area contributed by atoms with Gasteiger partial charge in [-0.2, -0.15) is 0 Å². The van der Waals surface area contributed by atoms with Crippen molar-refractivity contribution in [1.82, 2.24) is 20.4 Å². The minimum Gasteiger partial charge on any atom is -0.350 e. The Hall–Kier alpha value is -3.20. The van der Waals surface area contributed by atoms with Crippen molar-refractivity contribution in [2.45, 2.75) is 32.9 Å². The molecule has 3 rings (SSSR count). The number of carbonyl (C=O) groups is 4. The normalized spacial score (nSPS) is 18.1. The van der Waals surface area contributed by atoms with Crippen molar-refractivity contribution in [2.75, 3.05) is 19.6 Å². The van der Waals surface area contributed by atoms with Crippen molar-refractivity contribution < 1.29 is 19.2 Å². The number of benzene rings is 1. The number of nitrogens with zero attached hydrogens (tertiary/aromatic N) is 2. The van der Waals surface area contributed by atoms with Gasteiger partial charge in [-0.3, -0.25) is 19.3 Å². The van der Waals surface area contributed by atoms with E-state index in [-0.39, 0.29) is 19.0 Å². The number of imide groups is 1. The number of aryl methyl sites for hydroxylation is 1. The Morgan fingerprint density at radius 3 is 2.58 bits per heavy atom. The van der Waals surface area contributed by atoms with Crippen LogP contribution in [0.25, 0.3) is 0 Å². The fraction of sp³-hybridized carbons (Fsp3) is 0.364. The second kappa shape index (κ2) is 9.30. The maximum absolute atomic E-state index is 13.1. The standard InChI is InChI=1S/C22H26N4O4S/c1-4-25(13-18(27)23-12-16-9-7-11-31-16)19(28)14-26-20(29)22(3,24-21(26)30)17-10-6-5-8-15(17)2/h5-11H,4,12-14H2,1-3H3,(H,23,27)(H,24,30). The van der Waals surface area contributed by atoms with E-state index >= 15 is 0 Å². The molecule has 8 nitrogen and oxygen atoms in total. The van der Waals surface area contributed by atoms with Crippen LogP contribution in [0.5, 0.6) is 0 Å². The first kappa shape index (κ1) is 22.5. The van der Waals surface area contributed by atoms with Crippen molar-refractivity contribution in [2.24, 2.45) is 0 Å². The Morgan fingerprint density at radius 2 is 1.94 bits per heavy atom. The van der Waals surface area contributed by atoms with Crippen LogP contribution in [0.3, 0.4) is 0 Å². The third-order valence-corrected chi connectivity index (χ3v) is 6.24. The summed E-state index contributed by atoms with van der Waals surface area (Å²) < 4.78 is 0. The second-order valence-electron chi connectivity index (χ2n) is 7.53. The number of amides is 5. The summed E-state index contributed by atoms with van der Waals surface area (Å²) in [6.07, 6.45) is 0. The zero-order chi connectivity index (χ0) is 22.6. The Bertz CT molecular complexity index is 991. The first-order valence-corrected chi connectivity index (χ1v) is 10.9. The highest BCUT2D eigenvalue weighted by atomic mass is 32.1. The van der Waals surface area contributed by atoms with Crippen LogP contribution in [0.4, 0.5) is 4.79 Å². The van der Waals surface area contributed by atoms with Crippen LogP contribution in [0.1, 0.15) is 29.9 Å². The summed E-state index contributed by atoms with van der Waals surface area (Å²) in [4.78, 5) is 53.9. The molecule has 0 radical (unpaired) electrons. The van der Waals surface area contributed by atoms with E-state index in [2.05, 4.69) is 10.6 Å². The summed E-state index contributed by atoms with van der Waals surface area (Å²) in [6.45, 7) is 5.36. The quantitative estimate of drug-likeness (QED) is 0.611. The van der Waals surface area contributed by atoms with Crippen LogP contribution in [0.2, 0.25) is 0 Å². The number of urea groups is 1. The van der Waals surface area contributed by atoms with E-state index in [1.807, 2.05) is 36.6 Å². The van der Waals surface area contributed by atoms with Gasteiger partial charge in [0, 0.05) is 11.4 Å². The molecule has 2 N–H and O–H groups in total. The molecule has 1 atom stereocenters. The number of carbonyl (C=O) groups excluding carboxylic acids is 4. The van der Waals surface area contributed by atoms with Crippen molar-refractivity contribution in [3.63, 3.8) is 0 Å². The lowest BCUT2D eigenvalue weighted by atomic mass is 9.88.